The van der Waals surface area contributed by atoms with Gasteiger partial charge in [0.05, 0.1) is 5.52 Å². The minimum Gasteiger partial charge on any atom is -0.493 e. The molecule has 1 aromatic carbocycles. The Hall–Kier alpha value is -1.36. The van der Waals surface area contributed by atoms with Crippen molar-refractivity contribution in [1.29, 1.82) is 0 Å². The molecule has 0 spiro atoms. The average Bonchev–Trinajstić information content (AvgIpc) is 2.40. The minimum absolute atomic E-state index is 0.0521. The highest BCUT2D eigenvalue weighted by molar-refractivity contribution is 9.10. The van der Waals surface area contributed by atoms with E-state index < -0.39 is 0 Å². The monoisotopic (exact) mass is 240 g/mol. The van der Waals surface area contributed by atoms with Gasteiger partial charge in [-0.1, -0.05) is 15.9 Å². The first-order chi connectivity index (χ1) is 6.22. The molecule has 1 aromatic heterocycles. The lowest BCUT2D eigenvalue weighted by Crippen LogP contribution is -1.66. The molecule has 0 saturated carbocycles. The molecular formula is C8H5BrN2O2. The molecule has 0 atom stereocenters. The second-order valence-corrected chi connectivity index (χ2v) is 3.52. The number of rotatable bonds is 1. The Kier molecular flexibility index (Phi) is 1.81. The largest absolute Gasteiger partial charge is 0.493 e. The van der Waals surface area contributed by atoms with Gasteiger partial charge in [0.1, 0.15) is 0 Å². The van der Waals surface area contributed by atoms with Gasteiger partial charge < -0.3 is 10.1 Å². The SMILES string of the molecule is O=Nc1c(O)[nH]c2ccc(Br)cc12. The molecule has 1 heterocycles. The highest BCUT2D eigenvalue weighted by Gasteiger charge is 2.10. The average molecular weight is 241 g/mol. The third kappa shape index (κ3) is 1.21. The number of nitrogens with zero attached hydrogens (tertiary/aromatic N) is 1. The first-order valence-corrected chi connectivity index (χ1v) is 4.35. The number of aromatic hydroxyl groups is 1. The van der Waals surface area contributed by atoms with Crippen LogP contribution < -0.4 is 0 Å². The number of aromatic nitrogens is 1. The summed E-state index contributed by atoms with van der Waals surface area (Å²) in [6, 6.07) is 5.29. The molecule has 2 N–H and O–H groups in total. The summed E-state index contributed by atoms with van der Waals surface area (Å²) in [5.41, 5.74) is 0.742. The topological polar surface area (TPSA) is 65.4 Å². The summed E-state index contributed by atoms with van der Waals surface area (Å²) in [5, 5.41) is 12.6. The van der Waals surface area contributed by atoms with Crippen LogP contribution in [0.15, 0.2) is 27.8 Å². The predicted octanol–water partition coefficient (Wildman–Crippen LogP) is 3.03. The Balaban J connectivity index is 2.88. The van der Waals surface area contributed by atoms with Gasteiger partial charge in [-0.3, -0.25) is 0 Å². The van der Waals surface area contributed by atoms with Crippen molar-refractivity contribution in [3.05, 3.63) is 27.6 Å². The van der Waals surface area contributed by atoms with Crippen molar-refractivity contribution in [2.45, 2.75) is 0 Å². The standard InChI is InChI=1S/C8H5BrN2O2/c9-4-1-2-6-5(3-4)7(11-13)8(12)10-6/h1-3,10,12H. The molecular weight excluding hydrogens is 236 g/mol. The van der Waals surface area contributed by atoms with Crippen LogP contribution in [0.1, 0.15) is 0 Å². The molecule has 0 saturated heterocycles. The molecule has 2 aromatic rings. The third-order valence-electron chi connectivity index (χ3n) is 1.81. The summed E-state index contributed by atoms with van der Waals surface area (Å²) < 4.78 is 0.837. The zero-order valence-corrected chi connectivity index (χ0v) is 8.00. The van der Waals surface area contributed by atoms with Crippen molar-refractivity contribution in [2.75, 3.05) is 0 Å². The van der Waals surface area contributed by atoms with Gasteiger partial charge in [-0.2, -0.15) is 0 Å². The summed E-state index contributed by atoms with van der Waals surface area (Å²) in [4.78, 5) is 13.0. The fourth-order valence-corrected chi connectivity index (χ4v) is 1.59. The molecule has 5 heteroatoms. The molecule has 2 rings (SSSR count). The normalized spacial score (nSPS) is 10.5. The van der Waals surface area contributed by atoms with Crippen molar-refractivity contribution in [2.24, 2.45) is 5.18 Å². The number of hydrogen-bond acceptors (Lipinski definition) is 3. The summed E-state index contributed by atoms with van der Waals surface area (Å²) in [5.74, 6) is -0.192. The van der Waals surface area contributed by atoms with Gasteiger partial charge in [0.15, 0.2) is 5.69 Å². The second kappa shape index (κ2) is 2.85. The van der Waals surface area contributed by atoms with Crippen LogP contribution >= 0.6 is 15.9 Å². The molecule has 4 nitrogen and oxygen atoms in total. The van der Waals surface area contributed by atoms with Crippen LogP contribution in [-0.4, -0.2) is 10.1 Å². The van der Waals surface area contributed by atoms with E-state index in [9.17, 15) is 10.0 Å². The number of nitroso groups, excluding NO2 is 1. The van der Waals surface area contributed by atoms with Crippen molar-refractivity contribution >= 4 is 32.5 Å². The number of nitrogens with one attached hydrogen (secondary N) is 1. The summed E-state index contributed by atoms with van der Waals surface area (Å²) in [7, 11) is 0. The maximum atomic E-state index is 10.4. The van der Waals surface area contributed by atoms with E-state index in [1.54, 1.807) is 12.1 Å². The molecule has 0 radical (unpaired) electrons. The van der Waals surface area contributed by atoms with Crippen LogP contribution in [0.4, 0.5) is 5.69 Å². The number of H-pyrrole nitrogens is 1. The van der Waals surface area contributed by atoms with E-state index in [-0.39, 0.29) is 11.6 Å². The lowest BCUT2D eigenvalue weighted by atomic mass is 10.2. The summed E-state index contributed by atoms with van der Waals surface area (Å²) >= 11 is 3.27. The van der Waals surface area contributed by atoms with Crippen molar-refractivity contribution < 1.29 is 5.11 Å². The lowest BCUT2D eigenvalue weighted by Gasteiger charge is -1.90. The summed E-state index contributed by atoms with van der Waals surface area (Å²) in [6.07, 6.45) is 0. The third-order valence-corrected chi connectivity index (χ3v) is 2.30. The quantitative estimate of drug-likeness (QED) is 0.753. The lowest BCUT2D eigenvalue weighted by molar-refractivity contribution is 0.460. The van der Waals surface area contributed by atoms with Crippen molar-refractivity contribution in [3.8, 4) is 5.88 Å². The highest BCUT2D eigenvalue weighted by Crippen LogP contribution is 2.36. The minimum atomic E-state index is -0.192. The van der Waals surface area contributed by atoms with E-state index in [2.05, 4.69) is 26.1 Å². The fraction of sp³-hybridized carbons (Fsp3) is 0. The van der Waals surface area contributed by atoms with E-state index in [1.165, 1.54) is 0 Å². The van der Waals surface area contributed by atoms with E-state index in [4.69, 9.17) is 0 Å². The zero-order chi connectivity index (χ0) is 9.42. The highest BCUT2D eigenvalue weighted by atomic mass is 79.9. The van der Waals surface area contributed by atoms with Gasteiger partial charge in [-0.15, -0.1) is 4.91 Å². The van der Waals surface area contributed by atoms with Crippen LogP contribution in [-0.2, 0) is 0 Å². The van der Waals surface area contributed by atoms with E-state index in [0.717, 1.165) is 4.47 Å². The second-order valence-electron chi connectivity index (χ2n) is 2.60. The number of halogens is 1. The number of hydrogen-bond donors (Lipinski definition) is 2. The summed E-state index contributed by atoms with van der Waals surface area (Å²) in [6.45, 7) is 0. The van der Waals surface area contributed by atoms with Gasteiger partial charge in [-0.05, 0) is 23.4 Å². The molecule has 0 aliphatic rings. The first kappa shape index (κ1) is 8.25. The fourth-order valence-electron chi connectivity index (χ4n) is 1.23. The Morgan fingerprint density at radius 2 is 2.23 bits per heavy atom. The van der Waals surface area contributed by atoms with Crippen LogP contribution in [0.5, 0.6) is 5.88 Å². The molecule has 0 fully saturated rings. The molecule has 13 heavy (non-hydrogen) atoms. The van der Waals surface area contributed by atoms with E-state index in [1.807, 2.05) is 6.07 Å². The molecule has 0 aliphatic carbocycles. The molecule has 0 unspecified atom stereocenters. The maximum Gasteiger partial charge on any atom is 0.219 e. The van der Waals surface area contributed by atoms with Crippen molar-refractivity contribution in [1.82, 2.24) is 4.98 Å². The van der Waals surface area contributed by atoms with Gasteiger partial charge in [0.2, 0.25) is 5.88 Å². The van der Waals surface area contributed by atoms with Gasteiger partial charge in [0.25, 0.3) is 0 Å². The van der Waals surface area contributed by atoms with Crippen LogP contribution in [0.3, 0.4) is 0 Å². The first-order valence-electron chi connectivity index (χ1n) is 3.56. The number of benzene rings is 1. The van der Waals surface area contributed by atoms with Crippen LogP contribution in [0, 0.1) is 4.91 Å². The molecule has 0 amide bonds. The maximum absolute atomic E-state index is 10.4. The number of fused-ring (bicyclic) bond motifs is 1. The van der Waals surface area contributed by atoms with Gasteiger partial charge >= 0.3 is 0 Å². The Bertz CT molecular complexity index is 478. The Labute approximate surface area is 81.7 Å². The smallest absolute Gasteiger partial charge is 0.219 e. The predicted molar refractivity (Wildman–Crippen MR) is 53.1 cm³/mol. The van der Waals surface area contributed by atoms with E-state index >= 15 is 0 Å². The van der Waals surface area contributed by atoms with Crippen LogP contribution in [0.25, 0.3) is 10.9 Å². The van der Waals surface area contributed by atoms with Gasteiger partial charge in [-0.25, -0.2) is 0 Å². The van der Waals surface area contributed by atoms with Crippen molar-refractivity contribution in [3.63, 3.8) is 0 Å². The zero-order valence-electron chi connectivity index (χ0n) is 6.41. The molecule has 0 aliphatic heterocycles. The Morgan fingerprint density at radius 1 is 1.46 bits per heavy atom. The number of aromatic amines is 1. The van der Waals surface area contributed by atoms with Gasteiger partial charge in [0, 0.05) is 9.86 Å². The molecule has 66 valence electrons. The Morgan fingerprint density at radius 3 is 2.92 bits per heavy atom. The van der Waals surface area contributed by atoms with E-state index in [0.29, 0.717) is 10.9 Å². The van der Waals surface area contributed by atoms with Crippen LogP contribution in [0.2, 0.25) is 0 Å². The molecule has 0 bridgehead atoms.